The second-order valence-electron chi connectivity index (χ2n) is 20.5. The molecule has 0 aliphatic carbocycles. The van der Waals surface area contributed by atoms with Crippen LogP contribution in [0.3, 0.4) is 0 Å². The summed E-state index contributed by atoms with van der Waals surface area (Å²) in [5, 5.41) is 32.2. The molecular weight excluding hydrogens is 1140 g/mol. The van der Waals surface area contributed by atoms with Crippen molar-refractivity contribution in [2.45, 2.75) is 147 Å². The Morgan fingerprint density at radius 3 is 2.33 bits per heavy atom. The number of nitrogens with one attached hydrogen (secondary N) is 5. The number of alkyl carbamates (subject to hydrolysis) is 1. The van der Waals surface area contributed by atoms with E-state index in [0.717, 1.165) is 33.1 Å². The van der Waals surface area contributed by atoms with Crippen molar-refractivity contribution in [3.63, 3.8) is 0 Å². The SMILES string of the molecule is CCC.COc1cc2cc(c1Cl)N(C)C(=O)CCC1OC1CC1C[C@](O)(C/C=C/C=C(\C)C2)NC(=O)O1.C[C@@H](C(=O)O)N(C)C(=O)c1cc(F)c(NC(=O)C(CCCNC(N)=O)NC(=O)CNC(=O)CCCCCN2C(=O)C=CC2=O)cc1Cl. The first kappa shape index (κ1) is 68.9. The number of ether oxygens (including phenoxy) is 3. The number of carboxylic acid groups (broad SMARTS) is 1. The summed E-state index contributed by atoms with van der Waals surface area (Å²) in [5.41, 5.74) is 5.53. The van der Waals surface area contributed by atoms with Crippen LogP contribution in [0.25, 0.3) is 0 Å². The molecule has 0 radical (unpaired) electrons. The average molecular weight is 1220 g/mol. The molecular formula is C57H76Cl2FN9O15. The predicted octanol–water partition coefficient (Wildman–Crippen LogP) is 5.80. The normalized spacial score (nSPS) is 20.9. The molecule has 0 aromatic heterocycles. The van der Waals surface area contributed by atoms with E-state index >= 15 is 0 Å². The molecule has 4 heterocycles. The molecule has 27 heteroatoms. The van der Waals surface area contributed by atoms with Gasteiger partial charge in [0.15, 0.2) is 0 Å². The molecule has 2 aromatic carbocycles. The lowest BCUT2D eigenvalue weighted by Crippen LogP contribution is -2.56. The number of urea groups is 1. The van der Waals surface area contributed by atoms with Gasteiger partial charge in [0.25, 0.3) is 17.7 Å². The van der Waals surface area contributed by atoms with Gasteiger partial charge in [-0.3, -0.25) is 43.8 Å². The number of primary amides is 1. The van der Waals surface area contributed by atoms with Gasteiger partial charge >= 0.3 is 18.1 Å². The van der Waals surface area contributed by atoms with Crippen molar-refractivity contribution in [1.82, 2.24) is 31.1 Å². The molecule has 10 amide bonds. The number of aliphatic hydroxyl groups is 1. The maximum absolute atomic E-state index is 15.0. The lowest BCUT2D eigenvalue weighted by molar-refractivity contribution is -0.141. The van der Waals surface area contributed by atoms with Crippen LogP contribution in [-0.2, 0) is 49.5 Å². The third kappa shape index (κ3) is 21.5. The van der Waals surface area contributed by atoms with Crippen LogP contribution in [0.5, 0.6) is 5.75 Å². The van der Waals surface area contributed by atoms with Crippen LogP contribution in [0.15, 0.2) is 60.2 Å². The summed E-state index contributed by atoms with van der Waals surface area (Å²) in [5.74, 6) is -5.62. The number of unbranched alkanes of at least 4 members (excludes halogenated alkanes) is 2. The fourth-order valence-corrected chi connectivity index (χ4v) is 9.38. The average Bonchev–Trinajstić information content (AvgIpc) is 3.77. The molecule has 6 rings (SSSR count). The summed E-state index contributed by atoms with van der Waals surface area (Å²) >= 11 is 12.7. The minimum atomic E-state index is -1.37. The maximum Gasteiger partial charge on any atom is 0.409 e. The Labute approximate surface area is 497 Å². The number of likely N-dealkylation sites (N-methyl/N-ethyl adjacent to an activating group) is 1. The summed E-state index contributed by atoms with van der Waals surface area (Å²) in [4.78, 5) is 124. The molecule has 0 saturated carbocycles. The highest BCUT2D eigenvalue weighted by atomic mass is 35.5. The number of hydrogen-bond donors (Lipinski definition) is 8. The molecule has 6 atom stereocenters. The molecule has 4 aliphatic heterocycles. The molecule has 4 unspecified atom stereocenters. The first-order valence-corrected chi connectivity index (χ1v) is 28.2. The van der Waals surface area contributed by atoms with Crippen LogP contribution in [0.1, 0.15) is 121 Å². The van der Waals surface area contributed by atoms with Crippen molar-refractivity contribution < 1.29 is 76.8 Å². The maximum atomic E-state index is 15.0. The molecule has 2 saturated heterocycles. The van der Waals surface area contributed by atoms with Crippen LogP contribution in [0, 0.1) is 5.82 Å². The fourth-order valence-electron chi connectivity index (χ4n) is 8.82. The summed E-state index contributed by atoms with van der Waals surface area (Å²) in [6, 6.07) is 2.19. The number of carbonyl (C=O) groups is 10. The highest BCUT2D eigenvalue weighted by Gasteiger charge is 2.45. The number of carboxylic acids is 1. The Hall–Kier alpha value is -7.61. The molecule has 460 valence electrons. The van der Waals surface area contributed by atoms with Gasteiger partial charge in [-0.25, -0.2) is 18.8 Å². The summed E-state index contributed by atoms with van der Waals surface area (Å²) in [6.45, 7) is 7.30. The van der Waals surface area contributed by atoms with Crippen molar-refractivity contribution in [1.29, 1.82) is 0 Å². The van der Waals surface area contributed by atoms with E-state index in [1.807, 2.05) is 37.3 Å². The zero-order valence-electron chi connectivity index (χ0n) is 48.2. The molecule has 84 heavy (non-hydrogen) atoms. The minimum Gasteiger partial charge on any atom is -0.495 e. The number of hydrogen-bond acceptors (Lipinski definition) is 14. The summed E-state index contributed by atoms with van der Waals surface area (Å²) in [6.07, 6.45) is 12.2. The van der Waals surface area contributed by atoms with Crippen molar-refractivity contribution in [3.8, 4) is 5.75 Å². The second kappa shape index (κ2) is 33.0. The smallest absolute Gasteiger partial charge is 0.409 e. The standard InChI is InChI=1S/C29H37ClFN7O9.C25H31ClN2O6.C3H8/c1-16(28(45)46)37(2)27(44)17-13-19(31)21(14-18(17)30)36-26(43)20(7-6-11-33-29(32)47)35-23(40)15-34-22(39)8-4-3-5-12-38-24(41)9-10-25(38)42;1-15-6-4-5-9-25(31)14-17(33-24(30)27-25)13-20-19(34-20)7-8-22(29)28(2)18-11-16(10-15)12-21(32-3)23(18)26;1-3-2/h9-10,13-14,16,20H,3-8,11-12,15H2,1-2H3,(H,34,39)(H,35,40)(H,36,43)(H,45,46)(H3,32,33,47);4-6,11-12,17,19-20,31H,7-10,13-14H2,1-3H3,(H,27,30);3H2,1-2H3/b;5-4+,15-6+;/t16-,20?;17?,19?,20?,25-;/m01./s1. The van der Waals surface area contributed by atoms with E-state index in [0.29, 0.717) is 61.4 Å². The van der Waals surface area contributed by atoms with E-state index in [1.54, 1.807) is 19.1 Å². The van der Waals surface area contributed by atoms with Crippen LogP contribution in [0.4, 0.5) is 25.4 Å². The van der Waals surface area contributed by atoms with Gasteiger partial charge in [-0.05, 0) is 82.2 Å². The molecule has 0 spiro atoms. The fraction of sp³-hybridized carbons (Fsp3) is 0.509. The Bertz CT molecular complexity index is 2840. The number of imide groups is 1. The number of halogens is 3. The van der Waals surface area contributed by atoms with E-state index in [1.165, 1.54) is 32.5 Å². The predicted molar refractivity (Wildman–Crippen MR) is 309 cm³/mol. The lowest BCUT2D eigenvalue weighted by atomic mass is 9.96. The number of benzene rings is 2. The van der Waals surface area contributed by atoms with Gasteiger partial charge in [-0.15, -0.1) is 0 Å². The number of epoxide rings is 1. The molecule has 4 aliphatic rings. The van der Waals surface area contributed by atoms with Gasteiger partial charge in [0.05, 0.1) is 47.8 Å². The topological polar surface area (TPSA) is 338 Å². The first-order chi connectivity index (χ1) is 39.7. The van der Waals surface area contributed by atoms with Crippen molar-refractivity contribution in [2.24, 2.45) is 5.73 Å². The monoisotopic (exact) mass is 1220 g/mol. The lowest BCUT2D eigenvalue weighted by Gasteiger charge is -2.36. The van der Waals surface area contributed by atoms with Crippen molar-refractivity contribution >= 4 is 94.0 Å². The number of anilines is 2. The molecule has 24 nitrogen and oxygen atoms in total. The van der Waals surface area contributed by atoms with Crippen LogP contribution in [-0.4, -0.2) is 156 Å². The Balaban J connectivity index is 0.000000359. The highest BCUT2D eigenvalue weighted by Crippen LogP contribution is 2.38. The van der Waals surface area contributed by atoms with Gasteiger partial charge < -0.3 is 61.2 Å². The van der Waals surface area contributed by atoms with E-state index in [9.17, 15) is 57.4 Å². The number of rotatable bonds is 19. The van der Waals surface area contributed by atoms with Crippen LogP contribution < -0.4 is 42.0 Å². The number of allylic oxidation sites excluding steroid dienone is 3. The molecule has 2 fully saturated rings. The molecule has 2 aromatic rings. The van der Waals surface area contributed by atoms with Gasteiger partial charge in [-0.2, -0.15) is 0 Å². The quantitative estimate of drug-likeness (QED) is 0.0468. The van der Waals surface area contributed by atoms with Crippen molar-refractivity contribution in [3.05, 3.63) is 87.2 Å². The van der Waals surface area contributed by atoms with Gasteiger partial charge in [0.1, 0.15) is 40.5 Å². The van der Waals surface area contributed by atoms with Crippen LogP contribution in [0.2, 0.25) is 10.0 Å². The Morgan fingerprint density at radius 1 is 0.988 bits per heavy atom. The highest BCUT2D eigenvalue weighted by molar-refractivity contribution is 6.35. The van der Waals surface area contributed by atoms with Crippen molar-refractivity contribution in [2.75, 3.05) is 51.1 Å². The van der Waals surface area contributed by atoms with E-state index in [2.05, 4.69) is 40.4 Å². The minimum absolute atomic E-state index is 0.0346. The summed E-state index contributed by atoms with van der Waals surface area (Å²) in [7, 11) is 4.47. The second-order valence-corrected chi connectivity index (χ2v) is 21.3. The number of methoxy groups -OCH3 is 1. The zero-order valence-corrected chi connectivity index (χ0v) is 49.7. The van der Waals surface area contributed by atoms with Gasteiger partial charge in [0.2, 0.25) is 23.6 Å². The molecule has 4 bridgehead atoms. The van der Waals surface area contributed by atoms with E-state index in [-0.39, 0.29) is 85.7 Å². The third-order valence-electron chi connectivity index (χ3n) is 13.5. The number of nitrogens with zero attached hydrogens (tertiary/aromatic N) is 3. The van der Waals surface area contributed by atoms with Gasteiger partial charge in [0, 0.05) is 71.4 Å². The number of aliphatic carboxylic acids is 1. The first-order valence-electron chi connectivity index (χ1n) is 27.5. The number of fused-ring (bicyclic) bond motifs is 5. The zero-order chi connectivity index (χ0) is 62.4. The Morgan fingerprint density at radius 2 is 1.68 bits per heavy atom. The number of amides is 10. The van der Waals surface area contributed by atoms with Crippen LogP contribution >= 0.6 is 23.2 Å². The largest absolute Gasteiger partial charge is 0.495 e. The number of nitrogens with two attached hydrogens (primary N) is 1. The molecule has 9 N–H and O–H groups in total. The third-order valence-corrected chi connectivity index (χ3v) is 14.2. The summed E-state index contributed by atoms with van der Waals surface area (Å²) < 4.78 is 31.5. The van der Waals surface area contributed by atoms with E-state index < -0.39 is 83.7 Å². The number of carbonyl (C=O) groups excluding carboxylic acids is 9. The van der Waals surface area contributed by atoms with Gasteiger partial charge in [-0.1, -0.05) is 73.7 Å². The van der Waals surface area contributed by atoms with E-state index in [4.69, 9.17) is 48.3 Å². The Kier molecular flexibility index (Phi) is 27.1.